The SMILES string of the molecule is O=C(OCc1cccnc1Cl)c1cc(Cl)cc(Cl)c1. The van der Waals surface area contributed by atoms with Crippen molar-refractivity contribution in [2.24, 2.45) is 0 Å². The van der Waals surface area contributed by atoms with Crippen molar-refractivity contribution in [3.63, 3.8) is 0 Å². The van der Waals surface area contributed by atoms with Gasteiger partial charge in [0.25, 0.3) is 0 Å². The second-order valence-corrected chi connectivity index (χ2v) is 4.92. The Labute approximate surface area is 125 Å². The summed E-state index contributed by atoms with van der Waals surface area (Å²) in [7, 11) is 0. The Hall–Kier alpha value is -1.29. The van der Waals surface area contributed by atoms with Crippen LogP contribution in [0.25, 0.3) is 0 Å². The Balaban J connectivity index is 2.08. The Morgan fingerprint density at radius 3 is 2.47 bits per heavy atom. The second kappa shape index (κ2) is 6.24. The minimum atomic E-state index is -0.524. The number of hydrogen-bond donors (Lipinski definition) is 0. The molecule has 1 aromatic heterocycles. The number of carbonyl (C=O) groups is 1. The lowest BCUT2D eigenvalue weighted by Crippen LogP contribution is -2.05. The van der Waals surface area contributed by atoms with Gasteiger partial charge in [0.05, 0.1) is 5.56 Å². The first-order valence-corrected chi connectivity index (χ1v) is 6.42. The van der Waals surface area contributed by atoms with Crippen molar-refractivity contribution >= 4 is 40.8 Å². The first-order valence-electron chi connectivity index (χ1n) is 5.29. The molecule has 6 heteroatoms. The first-order chi connectivity index (χ1) is 9.06. The molecule has 0 atom stereocenters. The van der Waals surface area contributed by atoms with E-state index in [1.165, 1.54) is 18.2 Å². The minimum Gasteiger partial charge on any atom is -0.457 e. The minimum absolute atomic E-state index is 0.0373. The fourth-order valence-corrected chi connectivity index (χ4v) is 2.13. The average molecular weight is 317 g/mol. The number of aromatic nitrogens is 1. The van der Waals surface area contributed by atoms with Crippen molar-refractivity contribution in [1.82, 2.24) is 4.98 Å². The number of ether oxygens (including phenoxy) is 1. The molecule has 3 nitrogen and oxygen atoms in total. The third-order valence-electron chi connectivity index (χ3n) is 2.29. The molecule has 98 valence electrons. The molecule has 2 aromatic rings. The molecule has 0 radical (unpaired) electrons. The standard InChI is InChI=1S/C13H8Cl3NO2/c14-10-4-9(5-11(15)6-10)13(18)19-7-8-2-1-3-17-12(8)16/h1-6H,7H2. The van der Waals surface area contributed by atoms with Crippen LogP contribution in [0, 0.1) is 0 Å². The number of esters is 1. The summed E-state index contributed by atoms with van der Waals surface area (Å²) < 4.78 is 5.12. The maximum atomic E-state index is 11.8. The van der Waals surface area contributed by atoms with Crippen molar-refractivity contribution in [3.8, 4) is 0 Å². The quantitative estimate of drug-likeness (QED) is 0.622. The molecular formula is C13H8Cl3NO2. The van der Waals surface area contributed by atoms with E-state index in [1.807, 2.05) is 0 Å². The molecule has 0 aliphatic carbocycles. The molecule has 0 fully saturated rings. The molecule has 0 N–H and O–H groups in total. The van der Waals surface area contributed by atoms with Crippen LogP contribution in [0.5, 0.6) is 0 Å². The lowest BCUT2D eigenvalue weighted by atomic mass is 10.2. The fourth-order valence-electron chi connectivity index (χ4n) is 1.43. The van der Waals surface area contributed by atoms with Crippen molar-refractivity contribution in [2.45, 2.75) is 6.61 Å². The first kappa shape index (κ1) is 14.1. The van der Waals surface area contributed by atoms with E-state index in [0.717, 1.165) is 0 Å². The third-order valence-corrected chi connectivity index (χ3v) is 3.07. The van der Waals surface area contributed by atoms with Gasteiger partial charge in [-0.25, -0.2) is 9.78 Å². The van der Waals surface area contributed by atoms with Gasteiger partial charge in [0, 0.05) is 21.8 Å². The van der Waals surface area contributed by atoms with E-state index in [4.69, 9.17) is 39.5 Å². The maximum Gasteiger partial charge on any atom is 0.338 e. The molecule has 19 heavy (non-hydrogen) atoms. The van der Waals surface area contributed by atoms with Gasteiger partial charge in [-0.2, -0.15) is 0 Å². The summed E-state index contributed by atoms with van der Waals surface area (Å²) in [6.45, 7) is 0.0373. The van der Waals surface area contributed by atoms with E-state index < -0.39 is 5.97 Å². The van der Waals surface area contributed by atoms with Crippen LogP contribution in [0.15, 0.2) is 36.5 Å². The number of nitrogens with zero attached hydrogens (tertiary/aromatic N) is 1. The van der Waals surface area contributed by atoms with Crippen LogP contribution in [0.1, 0.15) is 15.9 Å². The van der Waals surface area contributed by atoms with Gasteiger partial charge in [0.2, 0.25) is 0 Å². The summed E-state index contributed by atoms with van der Waals surface area (Å²) >= 11 is 17.5. The summed E-state index contributed by atoms with van der Waals surface area (Å²) in [6, 6.07) is 7.96. The van der Waals surface area contributed by atoms with E-state index in [2.05, 4.69) is 4.98 Å². The van der Waals surface area contributed by atoms with E-state index >= 15 is 0 Å². The van der Waals surface area contributed by atoms with E-state index in [1.54, 1.807) is 18.3 Å². The topological polar surface area (TPSA) is 39.2 Å². The molecule has 0 saturated carbocycles. The predicted molar refractivity (Wildman–Crippen MR) is 74.8 cm³/mol. The van der Waals surface area contributed by atoms with Crippen LogP contribution >= 0.6 is 34.8 Å². The molecule has 0 saturated heterocycles. The van der Waals surface area contributed by atoms with Crippen LogP contribution < -0.4 is 0 Å². The summed E-state index contributed by atoms with van der Waals surface area (Å²) in [4.78, 5) is 15.7. The highest BCUT2D eigenvalue weighted by atomic mass is 35.5. The molecule has 0 aliphatic heterocycles. The molecule has 0 bridgehead atoms. The van der Waals surface area contributed by atoms with Crippen LogP contribution in [-0.4, -0.2) is 11.0 Å². The molecule has 0 amide bonds. The molecule has 0 spiro atoms. The smallest absolute Gasteiger partial charge is 0.338 e. The van der Waals surface area contributed by atoms with Crippen LogP contribution in [0.4, 0.5) is 0 Å². The van der Waals surface area contributed by atoms with Crippen molar-refractivity contribution in [3.05, 3.63) is 62.9 Å². The van der Waals surface area contributed by atoms with Crippen molar-refractivity contribution in [2.75, 3.05) is 0 Å². The summed E-state index contributed by atoms with van der Waals surface area (Å²) in [6.07, 6.45) is 1.56. The van der Waals surface area contributed by atoms with Gasteiger partial charge in [-0.1, -0.05) is 40.9 Å². The lowest BCUT2D eigenvalue weighted by Gasteiger charge is -2.06. The molecule has 0 aliphatic rings. The zero-order chi connectivity index (χ0) is 13.8. The lowest BCUT2D eigenvalue weighted by molar-refractivity contribution is 0.0472. The number of halogens is 3. The van der Waals surface area contributed by atoms with Crippen LogP contribution in [0.3, 0.4) is 0 Å². The highest BCUT2D eigenvalue weighted by Gasteiger charge is 2.10. The number of carbonyl (C=O) groups excluding carboxylic acids is 1. The summed E-state index contributed by atoms with van der Waals surface area (Å²) in [5.41, 5.74) is 0.920. The van der Waals surface area contributed by atoms with Crippen LogP contribution in [-0.2, 0) is 11.3 Å². The predicted octanol–water partition coefficient (Wildman–Crippen LogP) is 4.40. The third kappa shape index (κ3) is 3.83. The molecular weight excluding hydrogens is 309 g/mol. The zero-order valence-corrected chi connectivity index (χ0v) is 11.8. The Kier molecular flexibility index (Phi) is 4.64. The van der Waals surface area contributed by atoms with E-state index in [9.17, 15) is 4.79 Å². The largest absolute Gasteiger partial charge is 0.457 e. The van der Waals surface area contributed by atoms with Crippen molar-refractivity contribution in [1.29, 1.82) is 0 Å². The van der Waals surface area contributed by atoms with Crippen LogP contribution in [0.2, 0.25) is 15.2 Å². The molecule has 1 heterocycles. The number of rotatable bonds is 3. The monoisotopic (exact) mass is 315 g/mol. The van der Waals surface area contributed by atoms with Gasteiger partial charge in [-0.3, -0.25) is 0 Å². The highest BCUT2D eigenvalue weighted by Crippen LogP contribution is 2.20. The normalized spacial score (nSPS) is 10.3. The Morgan fingerprint density at radius 1 is 1.16 bits per heavy atom. The number of pyridine rings is 1. The Morgan fingerprint density at radius 2 is 1.84 bits per heavy atom. The maximum absolute atomic E-state index is 11.8. The van der Waals surface area contributed by atoms with E-state index in [-0.39, 0.29) is 12.2 Å². The number of hydrogen-bond acceptors (Lipinski definition) is 3. The summed E-state index contributed by atoms with van der Waals surface area (Å²) in [5.74, 6) is -0.524. The summed E-state index contributed by atoms with van der Waals surface area (Å²) in [5, 5.41) is 1.05. The van der Waals surface area contributed by atoms with Gasteiger partial charge < -0.3 is 4.74 Å². The number of benzene rings is 1. The fraction of sp³-hybridized carbons (Fsp3) is 0.0769. The molecule has 0 unspecified atom stereocenters. The van der Waals surface area contributed by atoms with Gasteiger partial charge in [-0.05, 0) is 24.3 Å². The van der Waals surface area contributed by atoms with Crippen molar-refractivity contribution < 1.29 is 9.53 Å². The van der Waals surface area contributed by atoms with Gasteiger partial charge in [-0.15, -0.1) is 0 Å². The zero-order valence-electron chi connectivity index (χ0n) is 9.57. The highest BCUT2D eigenvalue weighted by molar-refractivity contribution is 6.35. The van der Waals surface area contributed by atoms with E-state index in [0.29, 0.717) is 20.8 Å². The van der Waals surface area contributed by atoms with Gasteiger partial charge in [0.15, 0.2) is 0 Å². The van der Waals surface area contributed by atoms with Gasteiger partial charge in [0.1, 0.15) is 11.8 Å². The second-order valence-electron chi connectivity index (χ2n) is 3.69. The average Bonchev–Trinajstić information content (AvgIpc) is 2.36. The molecule has 1 aromatic carbocycles. The Bertz CT molecular complexity index is 596. The van der Waals surface area contributed by atoms with Gasteiger partial charge >= 0.3 is 5.97 Å². The molecule has 2 rings (SSSR count).